The Morgan fingerprint density at radius 2 is 1.79 bits per heavy atom. The number of hydrogen-bond acceptors (Lipinski definition) is 3. The van der Waals surface area contributed by atoms with Crippen LogP contribution < -0.4 is 5.73 Å². The fraction of sp³-hybridized carbons (Fsp3) is 0. The van der Waals surface area contributed by atoms with E-state index in [0.717, 1.165) is 15.6 Å². The minimum Gasteiger partial charge on any atom is -0.399 e. The van der Waals surface area contributed by atoms with Gasteiger partial charge >= 0.3 is 0 Å². The third-order valence-electron chi connectivity index (χ3n) is 2.73. The third-order valence-corrected chi connectivity index (χ3v) is 3.22. The molecule has 3 aromatic rings. The lowest BCUT2D eigenvalue weighted by Crippen LogP contribution is -1.86. The normalized spacial score (nSPS) is 10.6. The van der Waals surface area contributed by atoms with E-state index in [9.17, 15) is 0 Å². The number of aromatic nitrogens is 3. The molecule has 0 spiro atoms. The number of benzene rings is 2. The van der Waals surface area contributed by atoms with E-state index in [4.69, 9.17) is 5.73 Å². The highest BCUT2D eigenvalue weighted by molar-refractivity contribution is 9.10. The number of halogens is 1. The Bertz CT molecular complexity index is 661. The zero-order chi connectivity index (χ0) is 13.2. The molecule has 0 bridgehead atoms. The number of hydrogen-bond donors (Lipinski definition) is 2. The van der Waals surface area contributed by atoms with E-state index in [-0.39, 0.29) is 0 Å². The number of rotatable bonds is 2. The SMILES string of the molecule is Nc1cccc(-c2nc(-c3cccc(Br)c3)n[nH]2)c1. The standard InChI is InChI=1S/C14H11BrN4/c15-11-5-1-3-9(7-11)13-17-14(19-18-13)10-4-2-6-12(16)8-10/h1-8H,16H2,(H,17,18,19). The molecule has 1 aromatic heterocycles. The van der Waals surface area contributed by atoms with Crippen molar-refractivity contribution in [2.24, 2.45) is 0 Å². The average molecular weight is 315 g/mol. The van der Waals surface area contributed by atoms with E-state index in [1.807, 2.05) is 48.5 Å². The Hall–Kier alpha value is -2.14. The molecule has 0 saturated heterocycles. The van der Waals surface area contributed by atoms with Crippen LogP contribution in [0.2, 0.25) is 0 Å². The maximum absolute atomic E-state index is 5.77. The van der Waals surface area contributed by atoms with Gasteiger partial charge in [0.25, 0.3) is 0 Å². The van der Waals surface area contributed by atoms with Gasteiger partial charge in [0.2, 0.25) is 0 Å². The third kappa shape index (κ3) is 2.51. The molecule has 2 aromatic carbocycles. The van der Waals surface area contributed by atoms with Gasteiger partial charge in [-0.15, -0.1) is 0 Å². The van der Waals surface area contributed by atoms with Gasteiger partial charge < -0.3 is 5.73 Å². The molecule has 1 heterocycles. The van der Waals surface area contributed by atoms with Gasteiger partial charge in [-0.3, -0.25) is 5.10 Å². The molecule has 0 aliphatic rings. The fourth-order valence-corrected chi connectivity index (χ4v) is 2.23. The molecule has 3 N–H and O–H groups in total. The fourth-order valence-electron chi connectivity index (χ4n) is 1.83. The molecule has 5 heteroatoms. The van der Waals surface area contributed by atoms with Crippen molar-refractivity contribution in [2.45, 2.75) is 0 Å². The maximum atomic E-state index is 5.77. The average Bonchev–Trinajstić information content (AvgIpc) is 2.88. The molecule has 0 amide bonds. The van der Waals surface area contributed by atoms with Gasteiger partial charge in [0.1, 0.15) is 0 Å². The Kier molecular flexibility index (Phi) is 3.05. The number of nitrogens with zero attached hydrogens (tertiary/aromatic N) is 2. The van der Waals surface area contributed by atoms with Gasteiger partial charge in [-0.2, -0.15) is 5.10 Å². The van der Waals surface area contributed by atoms with E-state index >= 15 is 0 Å². The van der Waals surface area contributed by atoms with Crippen LogP contribution in [-0.4, -0.2) is 15.2 Å². The quantitative estimate of drug-likeness (QED) is 0.711. The highest BCUT2D eigenvalue weighted by Gasteiger charge is 2.08. The van der Waals surface area contributed by atoms with Crippen molar-refractivity contribution >= 4 is 21.6 Å². The lowest BCUT2D eigenvalue weighted by molar-refractivity contribution is 1.10. The molecule has 0 aliphatic heterocycles. The number of aromatic amines is 1. The molecular formula is C14H11BrN4. The van der Waals surface area contributed by atoms with Crippen LogP contribution in [0.25, 0.3) is 22.8 Å². The van der Waals surface area contributed by atoms with Crippen LogP contribution in [-0.2, 0) is 0 Å². The van der Waals surface area contributed by atoms with Crippen LogP contribution in [0.1, 0.15) is 0 Å². The number of anilines is 1. The molecule has 0 radical (unpaired) electrons. The van der Waals surface area contributed by atoms with E-state index in [2.05, 4.69) is 31.1 Å². The summed E-state index contributed by atoms with van der Waals surface area (Å²) in [5.41, 5.74) is 8.36. The molecular weight excluding hydrogens is 304 g/mol. The summed E-state index contributed by atoms with van der Waals surface area (Å²) < 4.78 is 1.00. The molecule has 19 heavy (non-hydrogen) atoms. The van der Waals surface area contributed by atoms with Crippen molar-refractivity contribution < 1.29 is 0 Å². The molecule has 0 fully saturated rings. The van der Waals surface area contributed by atoms with Gasteiger partial charge in [-0.05, 0) is 24.3 Å². The summed E-state index contributed by atoms with van der Waals surface area (Å²) in [5.74, 6) is 1.38. The van der Waals surface area contributed by atoms with E-state index in [1.54, 1.807) is 0 Å². The highest BCUT2D eigenvalue weighted by atomic mass is 79.9. The van der Waals surface area contributed by atoms with Gasteiger partial charge in [0.15, 0.2) is 11.6 Å². The number of H-pyrrole nitrogens is 1. The summed E-state index contributed by atoms with van der Waals surface area (Å²) >= 11 is 3.44. The molecule has 3 rings (SSSR count). The minimum absolute atomic E-state index is 0.665. The molecule has 0 atom stereocenters. The lowest BCUT2D eigenvalue weighted by Gasteiger charge is -1.97. The Labute approximate surface area is 118 Å². The first-order valence-electron chi connectivity index (χ1n) is 5.76. The topological polar surface area (TPSA) is 67.6 Å². The maximum Gasteiger partial charge on any atom is 0.181 e. The number of nitrogens with two attached hydrogens (primary N) is 1. The molecule has 94 valence electrons. The van der Waals surface area contributed by atoms with E-state index in [0.29, 0.717) is 17.3 Å². The van der Waals surface area contributed by atoms with Crippen LogP contribution in [0.3, 0.4) is 0 Å². The number of nitrogen functional groups attached to an aromatic ring is 1. The van der Waals surface area contributed by atoms with Crippen molar-refractivity contribution in [2.75, 3.05) is 5.73 Å². The van der Waals surface area contributed by atoms with Crippen LogP contribution in [0.4, 0.5) is 5.69 Å². The van der Waals surface area contributed by atoms with Crippen molar-refractivity contribution in [3.05, 3.63) is 53.0 Å². The summed E-state index contributed by atoms with van der Waals surface area (Å²) in [4.78, 5) is 4.49. The second-order valence-corrected chi connectivity index (χ2v) is 5.06. The van der Waals surface area contributed by atoms with Crippen molar-refractivity contribution in [1.82, 2.24) is 15.2 Å². The minimum atomic E-state index is 0.665. The second kappa shape index (κ2) is 4.85. The first-order chi connectivity index (χ1) is 9.22. The Balaban J connectivity index is 2.00. The van der Waals surface area contributed by atoms with E-state index in [1.165, 1.54) is 0 Å². The van der Waals surface area contributed by atoms with Gasteiger partial charge in [-0.25, -0.2) is 4.98 Å². The zero-order valence-electron chi connectivity index (χ0n) is 9.97. The molecule has 0 aliphatic carbocycles. The predicted molar refractivity (Wildman–Crippen MR) is 79.4 cm³/mol. The largest absolute Gasteiger partial charge is 0.399 e. The summed E-state index contributed by atoms with van der Waals surface area (Å²) in [7, 11) is 0. The summed E-state index contributed by atoms with van der Waals surface area (Å²) in [6, 6.07) is 15.4. The predicted octanol–water partition coefficient (Wildman–Crippen LogP) is 3.48. The van der Waals surface area contributed by atoms with Crippen molar-refractivity contribution in [3.63, 3.8) is 0 Å². The van der Waals surface area contributed by atoms with Crippen LogP contribution >= 0.6 is 15.9 Å². The first-order valence-corrected chi connectivity index (χ1v) is 6.56. The summed E-state index contributed by atoms with van der Waals surface area (Å²) in [6.07, 6.45) is 0. The molecule has 4 nitrogen and oxygen atoms in total. The van der Waals surface area contributed by atoms with Gasteiger partial charge in [0, 0.05) is 21.3 Å². The lowest BCUT2D eigenvalue weighted by atomic mass is 10.2. The van der Waals surface area contributed by atoms with Crippen molar-refractivity contribution in [1.29, 1.82) is 0 Å². The van der Waals surface area contributed by atoms with Crippen molar-refractivity contribution in [3.8, 4) is 22.8 Å². The Morgan fingerprint density at radius 3 is 2.58 bits per heavy atom. The van der Waals surface area contributed by atoms with Crippen LogP contribution in [0.5, 0.6) is 0 Å². The Morgan fingerprint density at radius 1 is 1.00 bits per heavy atom. The first kappa shape index (κ1) is 11.9. The second-order valence-electron chi connectivity index (χ2n) is 4.14. The molecule has 0 saturated carbocycles. The monoisotopic (exact) mass is 314 g/mol. The van der Waals surface area contributed by atoms with Gasteiger partial charge in [-0.1, -0.05) is 40.2 Å². The van der Waals surface area contributed by atoms with Crippen LogP contribution in [0, 0.1) is 0 Å². The highest BCUT2D eigenvalue weighted by Crippen LogP contribution is 2.23. The van der Waals surface area contributed by atoms with E-state index < -0.39 is 0 Å². The van der Waals surface area contributed by atoms with Crippen LogP contribution in [0.15, 0.2) is 53.0 Å². The number of nitrogens with one attached hydrogen (secondary N) is 1. The smallest absolute Gasteiger partial charge is 0.181 e. The summed E-state index contributed by atoms with van der Waals surface area (Å²) in [6.45, 7) is 0. The molecule has 0 unspecified atom stereocenters. The summed E-state index contributed by atoms with van der Waals surface area (Å²) in [5, 5.41) is 7.17. The zero-order valence-corrected chi connectivity index (χ0v) is 11.6. The van der Waals surface area contributed by atoms with Gasteiger partial charge in [0.05, 0.1) is 0 Å².